The molecule has 3 aliphatic rings. The van der Waals surface area contributed by atoms with Crippen LogP contribution in [0.25, 0.3) is 11.3 Å². The number of halogens is 3. The fraction of sp³-hybridized carbons (Fsp3) is 0.516. The number of hydrogen-bond donors (Lipinski definition) is 5. The number of nitrogens with one attached hydrogen (secondary N) is 4. The molecule has 0 radical (unpaired) electrons. The molecule has 4 atom stereocenters. The molecule has 0 saturated carbocycles. The number of aromatic amines is 1. The van der Waals surface area contributed by atoms with Gasteiger partial charge in [-0.25, -0.2) is 27.7 Å². The monoisotopic (exact) mass is 677 g/mol. The molecule has 2 saturated heterocycles. The average molecular weight is 678 g/mol. The lowest BCUT2D eigenvalue weighted by Crippen LogP contribution is -2.51. The molecule has 260 valence electrons. The zero-order valence-electron chi connectivity index (χ0n) is 26.0. The van der Waals surface area contributed by atoms with E-state index < -0.39 is 66.4 Å². The van der Waals surface area contributed by atoms with Crippen molar-refractivity contribution >= 4 is 23.9 Å². The first kappa shape index (κ1) is 34.8. The van der Waals surface area contributed by atoms with Crippen molar-refractivity contribution < 1.29 is 46.9 Å². The Balaban J connectivity index is 1.31. The molecule has 17 heteroatoms. The number of carbonyl (C=O) groups excluding carboxylic acids is 4. The summed E-state index contributed by atoms with van der Waals surface area (Å²) in [6.07, 6.45) is 1.30. The van der Waals surface area contributed by atoms with Gasteiger partial charge >= 0.3 is 12.1 Å². The molecule has 5 rings (SSSR count). The third kappa shape index (κ3) is 8.51. The predicted molar refractivity (Wildman–Crippen MR) is 163 cm³/mol. The fourth-order valence-electron chi connectivity index (χ4n) is 6.00. The van der Waals surface area contributed by atoms with Gasteiger partial charge < -0.3 is 40.4 Å². The Kier molecular flexibility index (Phi) is 11.7. The number of aliphatic hydroxyl groups excluding tert-OH is 1. The van der Waals surface area contributed by atoms with Gasteiger partial charge in [-0.05, 0) is 37.0 Å². The maximum Gasteiger partial charge on any atom is 0.407 e. The van der Waals surface area contributed by atoms with Gasteiger partial charge in [0.05, 0.1) is 31.1 Å². The molecule has 0 aliphatic carbocycles. The molecule has 0 spiro atoms. The van der Waals surface area contributed by atoms with E-state index in [9.17, 15) is 37.5 Å². The van der Waals surface area contributed by atoms with Gasteiger partial charge in [-0.2, -0.15) is 0 Å². The number of alkyl halides is 1. The van der Waals surface area contributed by atoms with Crippen LogP contribution in [0.4, 0.5) is 22.8 Å². The highest BCUT2D eigenvalue weighted by Crippen LogP contribution is 2.36. The second-order valence-electron chi connectivity index (χ2n) is 11.8. The number of aliphatic hydroxyl groups is 1. The number of carbonyl (C=O) groups is 4. The van der Waals surface area contributed by atoms with E-state index in [4.69, 9.17) is 9.47 Å². The Labute approximate surface area is 274 Å². The molecule has 3 aliphatic heterocycles. The minimum absolute atomic E-state index is 0.0275. The van der Waals surface area contributed by atoms with E-state index in [1.807, 2.05) is 0 Å². The third-order valence-corrected chi connectivity index (χ3v) is 8.56. The lowest BCUT2D eigenvalue weighted by Gasteiger charge is -2.39. The number of aromatic nitrogens is 2. The highest BCUT2D eigenvalue weighted by molar-refractivity contribution is 6.12. The summed E-state index contributed by atoms with van der Waals surface area (Å²) in [6, 6.07) is 1.63. The summed E-state index contributed by atoms with van der Waals surface area (Å²) >= 11 is 0. The number of rotatable bonds is 13. The quantitative estimate of drug-likeness (QED) is 0.196. The van der Waals surface area contributed by atoms with Crippen molar-refractivity contribution in [1.29, 1.82) is 0 Å². The van der Waals surface area contributed by atoms with Crippen LogP contribution < -0.4 is 16.0 Å². The number of alkyl carbamates (subject to hydrolysis) is 1. The molecule has 2 aromatic rings. The second kappa shape index (κ2) is 16.1. The number of nitrogens with zero attached hydrogens (tertiary/aromatic N) is 3. The van der Waals surface area contributed by atoms with Crippen molar-refractivity contribution in [1.82, 2.24) is 35.7 Å². The molecule has 14 nitrogen and oxygen atoms in total. The maximum absolute atomic E-state index is 14.9. The third-order valence-electron chi connectivity index (χ3n) is 8.56. The molecule has 48 heavy (non-hydrogen) atoms. The van der Waals surface area contributed by atoms with Crippen LogP contribution in [0.15, 0.2) is 36.5 Å². The van der Waals surface area contributed by atoms with Crippen LogP contribution >= 0.6 is 0 Å². The SMILES string of the molecule is O=C(NCCN1C(=O)C=CC1=O)OC(CO)CNC(=O)N(CC1CNCC1F)C(c1ncc(-c2cc(F)ccc2F)[nH]1)C1CCOCC1. The number of benzene rings is 1. The maximum atomic E-state index is 14.9. The molecular weight excluding hydrogens is 639 g/mol. The van der Waals surface area contributed by atoms with Crippen LogP contribution in [-0.2, 0) is 19.1 Å². The normalized spacial score (nSPS) is 21.0. The van der Waals surface area contributed by atoms with Crippen molar-refractivity contribution in [3.63, 3.8) is 0 Å². The van der Waals surface area contributed by atoms with Crippen LogP contribution in [0.1, 0.15) is 24.7 Å². The summed E-state index contributed by atoms with van der Waals surface area (Å²) in [5, 5.41) is 17.9. The minimum Gasteiger partial charge on any atom is -0.442 e. The molecule has 4 unspecified atom stereocenters. The highest BCUT2D eigenvalue weighted by Gasteiger charge is 2.39. The van der Waals surface area contributed by atoms with E-state index in [2.05, 4.69) is 25.9 Å². The number of ether oxygens (including phenoxy) is 2. The van der Waals surface area contributed by atoms with Crippen LogP contribution in [-0.4, -0.2) is 120 Å². The largest absolute Gasteiger partial charge is 0.442 e. The van der Waals surface area contributed by atoms with Gasteiger partial charge in [-0.15, -0.1) is 0 Å². The highest BCUT2D eigenvalue weighted by atomic mass is 19.1. The Bertz CT molecular complexity index is 1480. The van der Waals surface area contributed by atoms with Crippen molar-refractivity contribution in [2.45, 2.75) is 31.2 Å². The average Bonchev–Trinajstić information content (AvgIpc) is 3.81. The van der Waals surface area contributed by atoms with Gasteiger partial charge in [0.15, 0.2) is 0 Å². The molecule has 2 fully saturated rings. The van der Waals surface area contributed by atoms with Crippen molar-refractivity contribution in [3.8, 4) is 11.3 Å². The zero-order chi connectivity index (χ0) is 34.2. The Morgan fingerprint density at radius 2 is 1.90 bits per heavy atom. The summed E-state index contributed by atoms with van der Waals surface area (Å²) in [5.74, 6) is -2.80. The van der Waals surface area contributed by atoms with Gasteiger partial charge in [-0.1, -0.05) is 0 Å². The van der Waals surface area contributed by atoms with Gasteiger partial charge in [0.25, 0.3) is 11.8 Å². The van der Waals surface area contributed by atoms with Crippen molar-refractivity contribution in [2.75, 3.05) is 59.1 Å². The first-order valence-corrected chi connectivity index (χ1v) is 15.7. The first-order valence-electron chi connectivity index (χ1n) is 15.7. The summed E-state index contributed by atoms with van der Waals surface area (Å²) in [7, 11) is 0. The standard InChI is InChI=1S/C31H38F3N7O7/c32-20-1-2-23(33)22(11-20)25-15-37-29(39-25)28(18-5-9-47-10-6-18)41(16-19-12-35-14-24(19)34)30(45)38-13-21(17-42)48-31(46)36-7-8-40-26(43)3-4-27(40)44/h1-4,11,15,18-19,21,24,28,35,42H,5-10,12-14,16-17H2,(H,36,46)(H,37,39)(H,38,45). The van der Waals surface area contributed by atoms with E-state index in [-0.39, 0.29) is 55.7 Å². The number of H-pyrrole nitrogens is 1. The van der Waals surface area contributed by atoms with Crippen LogP contribution in [0.2, 0.25) is 0 Å². The van der Waals surface area contributed by atoms with E-state index >= 15 is 0 Å². The van der Waals surface area contributed by atoms with Crippen LogP contribution in [0, 0.1) is 23.5 Å². The molecule has 5 amide bonds. The Morgan fingerprint density at radius 1 is 1.15 bits per heavy atom. The smallest absolute Gasteiger partial charge is 0.407 e. The number of amides is 5. The minimum atomic E-state index is -1.23. The molecule has 5 N–H and O–H groups in total. The van der Waals surface area contributed by atoms with Gasteiger partial charge in [-0.3, -0.25) is 14.5 Å². The van der Waals surface area contributed by atoms with Gasteiger partial charge in [0.1, 0.15) is 29.7 Å². The number of hydrogen-bond acceptors (Lipinski definition) is 9. The van der Waals surface area contributed by atoms with E-state index in [1.54, 1.807) is 0 Å². The molecule has 1 aromatic heterocycles. The summed E-state index contributed by atoms with van der Waals surface area (Å²) < 4.78 is 54.3. The van der Waals surface area contributed by atoms with Crippen LogP contribution in [0.5, 0.6) is 0 Å². The number of imidazole rings is 1. The topological polar surface area (TPSA) is 178 Å². The summed E-state index contributed by atoms with van der Waals surface area (Å²) in [5.41, 5.74) is 0.149. The van der Waals surface area contributed by atoms with Crippen molar-refractivity contribution in [2.24, 2.45) is 11.8 Å². The lowest BCUT2D eigenvalue weighted by atomic mass is 9.89. The summed E-state index contributed by atoms with van der Waals surface area (Å²) in [4.78, 5) is 59.6. The zero-order valence-corrected chi connectivity index (χ0v) is 26.0. The Hall–Kier alpha value is -4.48. The van der Waals surface area contributed by atoms with Crippen LogP contribution in [0.3, 0.4) is 0 Å². The van der Waals surface area contributed by atoms with Gasteiger partial charge in [0, 0.05) is 69.6 Å². The molecular formula is C31H38F3N7O7. The first-order chi connectivity index (χ1) is 23.1. The summed E-state index contributed by atoms with van der Waals surface area (Å²) in [6.45, 7) is 0.0743. The number of urea groups is 1. The lowest BCUT2D eigenvalue weighted by molar-refractivity contribution is -0.136. The van der Waals surface area contributed by atoms with Crippen molar-refractivity contribution in [3.05, 3.63) is 54.0 Å². The van der Waals surface area contributed by atoms with E-state index in [0.29, 0.717) is 32.6 Å². The predicted octanol–water partition coefficient (Wildman–Crippen LogP) is 1.40. The van der Waals surface area contributed by atoms with Gasteiger partial charge in [0.2, 0.25) is 0 Å². The molecule has 4 heterocycles. The fourth-order valence-corrected chi connectivity index (χ4v) is 6.00. The van der Waals surface area contributed by atoms with E-state index in [0.717, 1.165) is 35.3 Å². The Morgan fingerprint density at radius 3 is 2.58 bits per heavy atom. The van der Waals surface area contributed by atoms with E-state index in [1.165, 1.54) is 11.1 Å². The second-order valence-corrected chi connectivity index (χ2v) is 11.8. The number of imide groups is 1. The molecule has 1 aromatic carbocycles. The molecule has 0 bridgehead atoms.